The van der Waals surface area contributed by atoms with Crippen LogP contribution in [0.5, 0.6) is 0 Å². The maximum absolute atomic E-state index is 12.2. The molecule has 0 bridgehead atoms. The zero-order chi connectivity index (χ0) is 27.8. The van der Waals surface area contributed by atoms with Crippen molar-refractivity contribution in [1.82, 2.24) is 0 Å². The Morgan fingerprint density at radius 3 is 1.16 bits per heavy atom. The molecule has 0 heterocycles. The van der Waals surface area contributed by atoms with Gasteiger partial charge in [0, 0.05) is 12.8 Å². The fourth-order valence-corrected chi connectivity index (χ4v) is 5.43. The van der Waals surface area contributed by atoms with Crippen LogP contribution < -0.4 is 0 Å². The topological polar surface area (TPSA) is 43.4 Å². The average Bonchev–Trinajstić information content (AvgIpc) is 2.91. The number of hydrogen-bond donors (Lipinski definition) is 0. The summed E-state index contributed by atoms with van der Waals surface area (Å²) in [6, 6.07) is 0. The molecule has 38 heavy (non-hydrogen) atoms. The standard InChI is InChI=1S/C35H68O3/c1-3-5-7-9-11-13-14-15-16-17-18-19-20-21-22-23-25-27-29-31-35(37)38-34(32-33-36)30-28-26-24-12-10-8-6-4-2/h33-34H,3-32H2,1-2H3. The molecule has 0 fully saturated rings. The van der Waals surface area contributed by atoms with Gasteiger partial charge < -0.3 is 9.53 Å². The zero-order valence-corrected chi connectivity index (χ0v) is 26.1. The van der Waals surface area contributed by atoms with Crippen LogP contribution >= 0.6 is 0 Å². The first-order valence-electron chi connectivity index (χ1n) is 17.4. The Hall–Kier alpha value is -0.860. The minimum Gasteiger partial charge on any atom is -0.462 e. The summed E-state index contributed by atoms with van der Waals surface area (Å²) in [5, 5.41) is 0. The molecule has 0 aromatic heterocycles. The lowest BCUT2D eigenvalue weighted by Gasteiger charge is -2.15. The predicted molar refractivity (Wildman–Crippen MR) is 166 cm³/mol. The summed E-state index contributed by atoms with van der Waals surface area (Å²) in [6.07, 6.45) is 38.3. The molecule has 0 spiro atoms. The van der Waals surface area contributed by atoms with E-state index in [0.717, 1.165) is 32.0 Å². The van der Waals surface area contributed by atoms with E-state index in [2.05, 4.69) is 13.8 Å². The predicted octanol–water partition coefficient (Wildman–Crippen LogP) is 11.8. The van der Waals surface area contributed by atoms with E-state index in [9.17, 15) is 9.59 Å². The highest BCUT2D eigenvalue weighted by Crippen LogP contribution is 2.16. The first kappa shape index (κ1) is 37.1. The van der Waals surface area contributed by atoms with E-state index in [4.69, 9.17) is 4.74 Å². The molecule has 3 heteroatoms. The highest BCUT2D eigenvalue weighted by molar-refractivity contribution is 5.69. The van der Waals surface area contributed by atoms with E-state index >= 15 is 0 Å². The van der Waals surface area contributed by atoms with Crippen molar-refractivity contribution in [3.63, 3.8) is 0 Å². The van der Waals surface area contributed by atoms with Crippen LogP contribution in [0.1, 0.15) is 206 Å². The van der Waals surface area contributed by atoms with Gasteiger partial charge in [0.15, 0.2) is 0 Å². The van der Waals surface area contributed by atoms with Crippen LogP contribution in [0.25, 0.3) is 0 Å². The smallest absolute Gasteiger partial charge is 0.306 e. The third-order valence-electron chi connectivity index (χ3n) is 8.02. The lowest BCUT2D eigenvalue weighted by atomic mass is 10.0. The molecule has 1 unspecified atom stereocenters. The van der Waals surface area contributed by atoms with E-state index < -0.39 is 0 Å². The summed E-state index contributed by atoms with van der Waals surface area (Å²) in [5.74, 6) is -0.108. The van der Waals surface area contributed by atoms with Crippen LogP contribution in [0.4, 0.5) is 0 Å². The van der Waals surface area contributed by atoms with Gasteiger partial charge in [-0.1, -0.05) is 174 Å². The molecule has 0 aromatic rings. The molecular weight excluding hydrogens is 468 g/mol. The van der Waals surface area contributed by atoms with Gasteiger partial charge in [0.1, 0.15) is 12.4 Å². The third kappa shape index (κ3) is 29.7. The van der Waals surface area contributed by atoms with Crippen molar-refractivity contribution < 1.29 is 14.3 Å². The molecular formula is C35H68O3. The summed E-state index contributed by atoms with van der Waals surface area (Å²) in [4.78, 5) is 23.2. The Labute approximate surface area is 239 Å². The summed E-state index contributed by atoms with van der Waals surface area (Å²) < 4.78 is 5.62. The van der Waals surface area contributed by atoms with Gasteiger partial charge in [0.2, 0.25) is 0 Å². The molecule has 1 atom stereocenters. The van der Waals surface area contributed by atoms with Crippen LogP contribution in [0, 0.1) is 0 Å². The molecule has 0 aliphatic rings. The molecule has 0 rings (SSSR count). The van der Waals surface area contributed by atoms with E-state index in [0.29, 0.717) is 12.8 Å². The number of carbonyl (C=O) groups excluding carboxylic acids is 2. The number of aldehydes is 1. The van der Waals surface area contributed by atoms with Crippen LogP contribution in [0.2, 0.25) is 0 Å². The highest BCUT2D eigenvalue weighted by atomic mass is 16.5. The summed E-state index contributed by atoms with van der Waals surface area (Å²) in [6.45, 7) is 4.53. The molecule has 226 valence electrons. The number of unbranched alkanes of at least 4 members (excludes halogenated alkanes) is 25. The summed E-state index contributed by atoms with van der Waals surface area (Å²) >= 11 is 0. The van der Waals surface area contributed by atoms with Crippen molar-refractivity contribution in [3.05, 3.63) is 0 Å². The van der Waals surface area contributed by atoms with E-state index in [1.165, 1.54) is 154 Å². The second-order valence-corrected chi connectivity index (χ2v) is 11.9. The van der Waals surface area contributed by atoms with Crippen molar-refractivity contribution in [2.45, 2.75) is 213 Å². The van der Waals surface area contributed by atoms with Crippen LogP contribution in [-0.2, 0) is 14.3 Å². The SMILES string of the molecule is CCCCCCCCCCCCCCCCCCCCCC(=O)OC(CC=O)CCCCCCCCCC. The Morgan fingerprint density at radius 2 is 0.816 bits per heavy atom. The van der Waals surface area contributed by atoms with Crippen molar-refractivity contribution in [2.24, 2.45) is 0 Å². The van der Waals surface area contributed by atoms with Gasteiger partial charge in [-0.25, -0.2) is 0 Å². The molecule has 3 nitrogen and oxygen atoms in total. The number of esters is 1. The van der Waals surface area contributed by atoms with Gasteiger partial charge >= 0.3 is 5.97 Å². The van der Waals surface area contributed by atoms with Crippen molar-refractivity contribution in [3.8, 4) is 0 Å². The fraction of sp³-hybridized carbons (Fsp3) is 0.943. The van der Waals surface area contributed by atoms with E-state index in [1.54, 1.807) is 0 Å². The van der Waals surface area contributed by atoms with Gasteiger partial charge in [-0.05, 0) is 19.3 Å². The quantitative estimate of drug-likeness (QED) is 0.0487. The second-order valence-electron chi connectivity index (χ2n) is 11.9. The Morgan fingerprint density at radius 1 is 0.500 bits per heavy atom. The molecule has 0 aromatic carbocycles. The molecule has 0 amide bonds. The molecule has 0 aliphatic heterocycles. The number of ether oxygens (including phenoxy) is 1. The fourth-order valence-electron chi connectivity index (χ4n) is 5.43. The van der Waals surface area contributed by atoms with Gasteiger partial charge in [-0.15, -0.1) is 0 Å². The van der Waals surface area contributed by atoms with E-state index in [-0.39, 0.29) is 12.1 Å². The van der Waals surface area contributed by atoms with Crippen molar-refractivity contribution in [2.75, 3.05) is 0 Å². The van der Waals surface area contributed by atoms with Gasteiger partial charge in [0.25, 0.3) is 0 Å². The van der Waals surface area contributed by atoms with Gasteiger partial charge in [0.05, 0.1) is 0 Å². The third-order valence-corrected chi connectivity index (χ3v) is 8.02. The minimum atomic E-state index is -0.208. The van der Waals surface area contributed by atoms with E-state index in [1.807, 2.05) is 0 Å². The van der Waals surface area contributed by atoms with Crippen molar-refractivity contribution >= 4 is 12.3 Å². The molecule has 0 aliphatic carbocycles. The lowest BCUT2D eigenvalue weighted by Crippen LogP contribution is -2.18. The zero-order valence-electron chi connectivity index (χ0n) is 26.1. The lowest BCUT2D eigenvalue weighted by molar-refractivity contribution is -0.150. The molecule has 0 saturated carbocycles. The maximum atomic E-state index is 12.2. The first-order chi connectivity index (χ1) is 18.7. The van der Waals surface area contributed by atoms with Crippen molar-refractivity contribution in [1.29, 1.82) is 0 Å². The van der Waals surface area contributed by atoms with Gasteiger partial charge in [-0.3, -0.25) is 4.79 Å². The van der Waals surface area contributed by atoms with Crippen LogP contribution in [-0.4, -0.2) is 18.4 Å². The highest BCUT2D eigenvalue weighted by Gasteiger charge is 2.13. The summed E-state index contributed by atoms with van der Waals surface area (Å²) in [7, 11) is 0. The average molecular weight is 537 g/mol. The Kier molecular flexibility index (Phi) is 31.6. The number of carbonyl (C=O) groups is 2. The maximum Gasteiger partial charge on any atom is 0.306 e. The number of rotatable bonds is 32. The molecule has 0 radical (unpaired) electrons. The Balaban J connectivity index is 3.43. The minimum absolute atomic E-state index is 0.108. The molecule has 0 N–H and O–H groups in total. The largest absolute Gasteiger partial charge is 0.462 e. The number of hydrogen-bond acceptors (Lipinski definition) is 3. The Bertz CT molecular complexity index is 476. The van der Waals surface area contributed by atoms with Crippen LogP contribution in [0.3, 0.4) is 0 Å². The monoisotopic (exact) mass is 537 g/mol. The van der Waals surface area contributed by atoms with Crippen LogP contribution in [0.15, 0.2) is 0 Å². The molecule has 0 saturated heterocycles. The first-order valence-corrected chi connectivity index (χ1v) is 17.4. The van der Waals surface area contributed by atoms with Gasteiger partial charge in [-0.2, -0.15) is 0 Å². The summed E-state index contributed by atoms with van der Waals surface area (Å²) in [5.41, 5.74) is 0. The normalized spacial score (nSPS) is 12.1. The second kappa shape index (κ2) is 32.4.